The molecule has 3 heteroatoms. The molecule has 0 saturated heterocycles. The summed E-state index contributed by atoms with van der Waals surface area (Å²) in [5.74, 6) is 0. The number of para-hydroxylation sites is 2. The number of nitrogens with zero attached hydrogens (tertiary/aromatic N) is 1. The Morgan fingerprint density at radius 2 is 1.16 bits per heavy atom. The van der Waals surface area contributed by atoms with Crippen LogP contribution < -0.4 is 21.1 Å². The smallest absolute Gasteiger partial charge is 0.197 e. The lowest BCUT2D eigenvalue weighted by Crippen LogP contribution is -2.45. The van der Waals surface area contributed by atoms with Crippen molar-refractivity contribution in [2.24, 2.45) is 0 Å². The molecule has 0 aliphatic carbocycles. The van der Waals surface area contributed by atoms with Gasteiger partial charge in [0, 0.05) is 33.7 Å². The Balaban J connectivity index is 1.16. The first-order valence-corrected chi connectivity index (χ1v) is 21.4. The summed E-state index contributed by atoms with van der Waals surface area (Å²) in [7, 11) is 2.45. The van der Waals surface area contributed by atoms with Gasteiger partial charge in [-0.15, -0.1) is 0 Å². The molecular formula is C58H46BN2. The molecule has 1 N–H and O–H groups in total. The van der Waals surface area contributed by atoms with E-state index < -0.39 is 0 Å². The Labute approximate surface area is 360 Å². The van der Waals surface area contributed by atoms with Gasteiger partial charge in [0.25, 0.3) is 0 Å². The van der Waals surface area contributed by atoms with E-state index in [1.807, 2.05) is 0 Å². The molecule has 2 aliphatic rings. The summed E-state index contributed by atoms with van der Waals surface area (Å²) >= 11 is 0. The zero-order valence-corrected chi connectivity index (χ0v) is 35.3. The maximum Gasteiger partial charge on any atom is 0.197 e. The van der Waals surface area contributed by atoms with Crippen molar-refractivity contribution in [3.8, 4) is 44.5 Å². The van der Waals surface area contributed by atoms with Crippen LogP contribution in [0.1, 0.15) is 41.7 Å². The summed E-state index contributed by atoms with van der Waals surface area (Å²) in [4.78, 5) is 2.59. The van der Waals surface area contributed by atoms with Crippen LogP contribution in [0.3, 0.4) is 0 Å². The molecule has 0 bridgehead atoms. The Kier molecular flexibility index (Phi) is 8.65. The highest BCUT2D eigenvalue weighted by Gasteiger charge is 2.42. The van der Waals surface area contributed by atoms with Gasteiger partial charge < -0.3 is 10.2 Å². The van der Waals surface area contributed by atoms with E-state index in [2.05, 4.69) is 234 Å². The van der Waals surface area contributed by atoms with Gasteiger partial charge in [-0.05, 0) is 141 Å². The van der Waals surface area contributed by atoms with Crippen LogP contribution in [0.15, 0.2) is 182 Å². The van der Waals surface area contributed by atoms with Crippen molar-refractivity contribution >= 4 is 57.4 Å². The lowest BCUT2D eigenvalue weighted by molar-refractivity contribution is 0.639. The van der Waals surface area contributed by atoms with Gasteiger partial charge in [0.2, 0.25) is 0 Å². The zero-order valence-electron chi connectivity index (χ0n) is 35.3. The standard InChI is InChI=1S/C58H46BN2/c1-36-29-37(2)54(38(3)30-36)44-34-48(47-23-14-15-26-51(47)60-45-32-42(39-17-8-6-9-18-39)31-43(33-45)40-19-10-7-11-20-40)56-53(35-44)61-52-28-27-41-21-12-13-22-46(41)55(52)58(4,5)49-24-16-25-50(59-56)57(49)61/h6-35,60H,1-5H3. The van der Waals surface area contributed by atoms with Gasteiger partial charge in [-0.1, -0.05) is 164 Å². The minimum Gasteiger partial charge on any atom is -0.355 e. The molecule has 0 atom stereocenters. The fourth-order valence-corrected chi connectivity index (χ4v) is 10.4. The van der Waals surface area contributed by atoms with Crippen molar-refractivity contribution in [3.63, 3.8) is 0 Å². The first-order valence-electron chi connectivity index (χ1n) is 21.4. The highest BCUT2D eigenvalue weighted by atomic mass is 15.2. The third kappa shape index (κ3) is 6.10. The lowest BCUT2D eigenvalue weighted by Gasteiger charge is -2.46. The molecule has 11 rings (SSSR count). The average molecular weight is 782 g/mol. The van der Waals surface area contributed by atoms with E-state index in [4.69, 9.17) is 0 Å². The maximum absolute atomic E-state index is 3.97. The lowest BCUT2D eigenvalue weighted by atomic mass is 9.55. The molecule has 0 aromatic heterocycles. The van der Waals surface area contributed by atoms with E-state index in [1.165, 1.54) is 106 Å². The fourth-order valence-electron chi connectivity index (χ4n) is 10.4. The second-order valence-electron chi connectivity index (χ2n) is 17.5. The molecule has 0 fully saturated rings. The van der Waals surface area contributed by atoms with E-state index >= 15 is 0 Å². The second-order valence-corrected chi connectivity index (χ2v) is 17.5. The Bertz CT molecular complexity index is 3120. The number of anilines is 5. The van der Waals surface area contributed by atoms with Crippen LogP contribution in [0.2, 0.25) is 0 Å². The van der Waals surface area contributed by atoms with Crippen LogP contribution in [0.25, 0.3) is 55.3 Å². The molecule has 2 nitrogen and oxygen atoms in total. The fraction of sp³-hybridized carbons (Fsp3) is 0.103. The predicted molar refractivity (Wildman–Crippen MR) is 261 cm³/mol. The molecule has 0 saturated carbocycles. The van der Waals surface area contributed by atoms with Gasteiger partial charge in [0.05, 0.1) is 5.69 Å². The SMILES string of the molecule is Cc1cc(C)c(-c2cc(-c3ccccc3Nc3cc(-c4ccccc4)cc(-c4ccccc4)c3)c3c(c2)N2c4ccc5ccccc5c4C(C)(C)c4cccc(c42)[B]3)c(C)c1. The largest absolute Gasteiger partial charge is 0.355 e. The van der Waals surface area contributed by atoms with Crippen LogP contribution in [0.5, 0.6) is 0 Å². The molecule has 2 heterocycles. The topological polar surface area (TPSA) is 15.3 Å². The molecule has 9 aromatic carbocycles. The highest BCUT2D eigenvalue weighted by molar-refractivity contribution is 6.73. The first-order chi connectivity index (χ1) is 29.7. The van der Waals surface area contributed by atoms with Crippen molar-refractivity contribution in [2.75, 3.05) is 10.2 Å². The van der Waals surface area contributed by atoms with Gasteiger partial charge in [0.1, 0.15) is 0 Å². The Hall–Kier alpha value is -7.10. The number of fused-ring (bicyclic) bond motifs is 6. The van der Waals surface area contributed by atoms with Gasteiger partial charge >= 0.3 is 0 Å². The monoisotopic (exact) mass is 781 g/mol. The van der Waals surface area contributed by atoms with Crippen LogP contribution in [-0.4, -0.2) is 7.28 Å². The normalized spacial score (nSPS) is 13.2. The number of hydrogen-bond donors (Lipinski definition) is 1. The molecule has 61 heavy (non-hydrogen) atoms. The van der Waals surface area contributed by atoms with E-state index in [0.717, 1.165) is 16.9 Å². The quantitative estimate of drug-likeness (QED) is 0.169. The number of aryl methyl sites for hydroxylation is 3. The molecular weight excluding hydrogens is 735 g/mol. The Morgan fingerprint density at radius 3 is 1.89 bits per heavy atom. The summed E-state index contributed by atoms with van der Waals surface area (Å²) in [6.07, 6.45) is 0. The minimum atomic E-state index is -0.211. The van der Waals surface area contributed by atoms with Gasteiger partial charge in [0.15, 0.2) is 7.28 Å². The summed E-state index contributed by atoms with van der Waals surface area (Å²) < 4.78 is 0. The summed E-state index contributed by atoms with van der Waals surface area (Å²) in [6, 6.07) is 67.1. The van der Waals surface area contributed by atoms with Crippen molar-refractivity contribution < 1.29 is 0 Å². The van der Waals surface area contributed by atoms with E-state index in [1.54, 1.807) is 0 Å². The third-order valence-corrected chi connectivity index (χ3v) is 13.0. The van der Waals surface area contributed by atoms with E-state index in [-0.39, 0.29) is 5.41 Å². The Morgan fingerprint density at radius 1 is 0.508 bits per heavy atom. The molecule has 291 valence electrons. The van der Waals surface area contributed by atoms with Crippen LogP contribution >= 0.6 is 0 Å². The van der Waals surface area contributed by atoms with E-state index in [9.17, 15) is 0 Å². The molecule has 0 amide bonds. The van der Waals surface area contributed by atoms with Gasteiger partial charge in [-0.2, -0.15) is 0 Å². The average Bonchev–Trinajstić information content (AvgIpc) is 3.27. The van der Waals surface area contributed by atoms with Gasteiger partial charge in [-0.3, -0.25) is 0 Å². The summed E-state index contributed by atoms with van der Waals surface area (Å²) in [6.45, 7) is 11.5. The minimum absolute atomic E-state index is 0.211. The third-order valence-electron chi connectivity index (χ3n) is 13.0. The van der Waals surface area contributed by atoms with E-state index in [0.29, 0.717) is 0 Å². The van der Waals surface area contributed by atoms with Crippen molar-refractivity contribution in [1.82, 2.24) is 0 Å². The zero-order chi connectivity index (χ0) is 41.4. The number of benzene rings is 9. The molecule has 2 aliphatic heterocycles. The predicted octanol–water partition coefficient (Wildman–Crippen LogP) is 14.3. The van der Waals surface area contributed by atoms with Crippen LogP contribution in [0.4, 0.5) is 28.4 Å². The summed E-state index contributed by atoms with van der Waals surface area (Å²) in [5, 5.41) is 6.55. The maximum atomic E-state index is 3.97. The van der Waals surface area contributed by atoms with Crippen LogP contribution in [0, 0.1) is 20.8 Å². The van der Waals surface area contributed by atoms with Crippen LogP contribution in [-0.2, 0) is 5.41 Å². The summed E-state index contributed by atoms with van der Waals surface area (Å²) in [5.41, 5.74) is 24.2. The van der Waals surface area contributed by atoms with Crippen molar-refractivity contribution in [2.45, 2.75) is 40.0 Å². The molecule has 9 aromatic rings. The molecule has 1 radical (unpaired) electrons. The number of rotatable bonds is 6. The second kappa shape index (κ2) is 14.3. The van der Waals surface area contributed by atoms with Crippen molar-refractivity contribution in [3.05, 3.63) is 210 Å². The van der Waals surface area contributed by atoms with Gasteiger partial charge in [-0.25, -0.2) is 0 Å². The molecule has 0 unspecified atom stereocenters. The highest BCUT2D eigenvalue weighted by Crippen LogP contribution is 2.55. The number of nitrogens with one attached hydrogen (secondary N) is 1. The number of hydrogen-bond acceptors (Lipinski definition) is 2. The first kappa shape index (κ1) is 36.9. The molecule has 0 spiro atoms. The van der Waals surface area contributed by atoms with Crippen molar-refractivity contribution in [1.29, 1.82) is 0 Å².